The van der Waals surface area contributed by atoms with Crippen molar-refractivity contribution in [3.05, 3.63) is 35.4 Å². The van der Waals surface area contributed by atoms with E-state index in [0.717, 1.165) is 24.5 Å². The average Bonchev–Trinajstić information content (AvgIpc) is 3.20. The Morgan fingerprint density at radius 1 is 1.43 bits per heavy atom. The molecule has 5 nitrogen and oxygen atoms in total. The van der Waals surface area contributed by atoms with E-state index in [2.05, 4.69) is 0 Å². The number of carbonyl (C=O) groups is 1. The SMILES string of the molecule is Cc1cc(S(=O)(=O)N(C)CC2CC2)ccc1C=CC(=O)O. The molecule has 0 aromatic heterocycles. The van der Waals surface area contributed by atoms with Gasteiger partial charge in [-0.2, -0.15) is 0 Å². The molecule has 0 saturated heterocycles. The van der Waals surface area contributed by atoms with Crippen molar-refractivity contribution in [2.45, 2.75) is 24.7 Å². The summed E-state index contributed by atoms with van der Waals surface area (Å²) in [6.07, 6.45) is 4.69. The zero-order valence-electron chi connectivity index (χ0n) is 12.1. The van der Waals surface area contributed by atoms with Gasteiger partial charge in [0.15, 0.2) is 0 Å². The van der Waals surface area contributed by atoms with Gasteiger partial charge in [-0.25, -0.2) is 17.5 Å². The Bertz CT molecular complexity index is 675. The number of carboxylic acid groups (broad SMARTS) is 1. The molecule has 114 valence electrons. The fraction of sp³-hybridized carbons (Fsp3) is 0.400. The second-order valence-electron chi connectivity index (χ2n) is 5.42. The number of rotatable bonds is 6. The molecule has 2 rings (SSSR count). The first-order chi connectivity index (χ1) is 9.80. The highest BCUT2D eigenvalue weighted by Crippen LogP contribution is 2.31. The van der Waals surface area contributed by atoms with E-state index >= 15 is 0 Å². The van der Waals surface area contributed by atoms with Crippen LogP contribution in [0.15, 0.2) is 29.2 Å². The lowest BCUT2D eigenvalue weighted by Crippen LogP contribution is -2.29. The lowest BCUT2D eigenvalue weighted by atomic mass is 10.1. The summed E-state index contributed by atoms with van der Waals surface area (Å²) in [7, 11) is -1.87. The molecule has 1 aromatic carbocycles. The molecule has 1 N–H and O–H groups in total. The highest BCUT2D eigenvalue weighted by atomic mass is 32.2. The van der Waals surface area contributed by atoms with Gasteiger partial charge in [-0.3, -0.25) is 0 Å². The largest absolute Gasteiger partial charge is 0.478 e. The number of nitrogens with zero attached hydrogens (tertiary/aromatic N) is 1. The molecular weight excluding hydrogens is 290 g/mol. The summed E-state index contributed by atoms with van der Waals surface area (Å²) in [5.74, 6) is -0.543. The Labute approximate surface area is 124 Å². The molecule has 0 aliphatic heterocycles. The molecule has 1 aromatic rings. The fourth-order valence-electron chi connectivity index (χ4n) is 2.10. The lowest BCUT2D eigenvalue weighted by Gasteiger charge is -2.17. The molecule has 0 spiro atoms. The molecule has 0 heterocycles. The zero-order valence-corrected chi connectivity index (χ0v) is 12.9. The van der Waals surface area contributed by atoms with Crippen molar-refractivity contribution in [2.24, 2.45) is 5.92 Å². The molecule has 1 fully saturated rings. The van der Waals surface area contributed by atoms with Crippen molar-refractivity contribution >= 4 is 22.1 Å². The quantitative estimate of drug-likeness (QED) is 0.817. The van der Waals surface area contributed by atoms with E-state index in [1.54, 1.807) is 26.1 Å². The molecule has 1 aliphatic carbocycles. The smallest absolute Gasteiger partial charge is 0.328 e. The van der Waals surface area contributed by atoms with Crippen molar-refractivity contribution in [1.29, 1.82) is 0 Å². The Morgan fingerprint density at radius 3 is 2.62 bits per heavy atom. The summed E-state index contributed by atoms with van der Waals surface area (Å²) in [5.41, 5.74) is 1.43. The number of hydrogen-bond acceptors (Lipinski definition) is 3. The van der Waals surface area contributed by atoms with Crippen molar-refractivity contribution in [3.8, 4) is 0 Å². The number of sulfonamides is 1. The lowest BCUT2D eigenvalue weighted by molar-refractivity contribution is -0.131. The molecule has 0 radical (unpaired) electrons. The van der Waals surface area contributed by atoms with Gasteiger partial charge in [0.05, 0.1) is 4.90 Å². The maximum atomic E-state index is 12.4. The molecule has 0 atom stereocenters. The summed E-state index contributed by atoms with van der Waals surface area (Å²) >= 11 is 0. The fourth-order valence-corrected chi connectivity index (χ4v) is 3.43. The van der Waals surface area contributed by atoms with Gasteiger partial charge in [0, 0.05) is 19.7 Å². The Kier molecular flexibility index (Phi) is 4.49. The maximum absolute atomic E-state index is 12.4. The molecule has 0 unspecified atom stereocenters. The van der Waals surface area contributed by atoms with Crippen molar-refractivity contribution in [3.63, 3.8) is 0 Å². The minimum Gasteiger partial charge on any atom is -0.478 e. The van der Waals surface area contributed by atoms with E-state index < -0.39 is 16.0 Å². The van der Waals surface area contributed by atoms with Crippen LogP contribution < -0.4 is 0 Å². The second kappa shape index (κ2) is 5.99. The van der Waals surface area contributed by atoms with Crippen molar-refractivity contribution in [1.82, 2.24) is 4.31 Å². The molecule has 1 aliphatic rings. The van der Waals surface area contributed by atoms with E-state index in [9.17, 15) is 13.2 Å². The standard InChI is InChI=1S/C15H19NO4S/c1-11-9-14(7-5-13(11)6-8-15(17)18)21(19,20)16(2)10-12-3-4-12/h5-9,12H,3-4,10H2,1-2H3,(H,17,18). The molecule has 1 saturated carbocycles. The monoisotopic (exact) mass is 309 g/mol. The van der Waals surface area contributed by atoms with E-state index in [0.29, 0.717) is 18.0 Å². The van der Waals surface area contributed by atoms with Gasteiger partial charge in [0.1, 0.15) is 0 Å². The van der Waals surface area contributed by atoms with Gasteiger partial charge in [-0.1, -0.05) is 6.07 Å². The molecule has 21 heavy (non-hydrogen) atoms. The summed E-state index contributed by atoms with van der Waals surface area (Å²) in [4.78, 5) is 10.8. The molecule has 6 heteroatoms. The first kappa shape index (κ1) is 15.7. The van der Waals surface area contributed by atoms with Gasteiger partial charge in [-0.05, 0) is 55.0 Å². The maximum Gasteiger partial charge on any atom is 0.328 e. The van der Waals surface area contributed by atoms with Crippen LogP contribution in [0.25, 0.3) is 6.08 Å². The molecular formula is C15H19NO4S. The van der Waals surface area contributed by atoms with E-state index in [1.165, 1.54) is 16.4 Å². The Balaban J connectivity index is 2.23. The number of carboxylic acids is 1. The van der Waals surface area contributed by atoms with Crippen molar-refractivity contribution < 1.29 is 18.3 Å². The second-order valence-corrected chi connectivity index (χ2v) is 7.46. The van der Waals surface area contributed by atoms with Crippen LogP contribution in [0.3, 0.4) is 0 Å². The van der Waals surface area contributed by atoms with Crippen LogP contribution in [0.1, 0.15) is 24.0 Å². The van der Waals surface area contributed by atoms with Crippen LogP contribution in [0.4, 0.5) is 0 Å². The summed E-state index contributed by atoms with van der Waals surface area (Å²) in [6.45, 7) is 2.32. The van der Waals surface area contributed by atoms with Crippen molar-refractivity contribution in [2.75, 3.05) is 13.6 Å². The Morgan fingerprint density at radius 2 is 2.10 bits per heavy atom. The van der Waals surface area contributed by atoms with Gasteiger partial charge < -0.3 is 5.11 Å². The third-order valence-corrected chi connectivity index (χ3v) is 5.39. The van der Waals surface area contributed by atoms with Crippen LogP contribution >= 0.6 is 0 Å². The highest BCUT2D eigenvalue weighted by molar-refractivity contribution is 7.89. The Hall–Kier alpha value is -1.66. The summed E-state index contributed by atoms with van der Waals surface area (Å²) in [5, 5.41) is 8.62. The predicted octanol–water partition coefficient (Wildman–Crippen LogP) is 2.12. The van der Waals surface area contributed by atoms with Crippen LogP contribution in [-0.4, -0.2) is 37.4 Å². The van der Waals surface area contributed by atoms with Gasteiger partial charge >= 0.3 is 5.97 Å². The number of aryl methyl sites for hydroxylation is 1. The minimum atomic E-state index is -3.47. The number of aliphatic carboxylic acids is 1. The number of hydrogen-bond donors (Lipinski definition) is 1. The third-order valence-electron chi connectivity index (χ3n) is 3.57. The normalized spacial score (nSPS) is 15.8. The van der Waals surface area contributed by atoms with Crippen LogP contribution in [0.2, 0.25) is 0 Å². The third kappa shape index (κ3) is 3.92. The first-order valence-electron chi connectivity index (χ1n) is 6.78. The average molecular weight is 309 g/mol. The van der Waals surface area contributed by atoms with Gasteiger partial charge in [-0.15, -0.1) is 0 Å². The van der Waals surface area contributed by atoms with Crippen LogP contribution in [-0.2, 0) is 14.8 Å². The van der Waals surface area contributed by atoms with Gasteiger partial charge in [0.25, 0.3) is 0 Å². The van der Waals surface area contributed by atoms with Crippen LogP contribution in [0, 0.1) is 12.8 Å². The van der Waals surface area contributed by atoms with E-state index in [1.807, 2.05) is 0 Å². The molecule has 0 amide bonds. The predicted molar refractivity (Wildman–Crippen MR) is 80.4 cm³/mol. The summed E-state index contributed by atoms with van der Waals surface area (Å²) < 4.78 is 26.3. The number of benzene rings is 1. The molecule has 0 bridgehead atoms. The minimum absolute atomic E-state index is 0.246. The first-order valence-corrected chi connectivity index (χ1v) is 8.22. The van der Waals surface area contributed by atoms with Gasteiger partial charge in [0.2, 0.25) is 10.0 Å². The highest BCUT2D eigenvalue weighted by Gasteiger charge is 2.29. The van der Waals surface area contributed by atoms with Crippen LogP contribution in [0.5, 0.6) is 0 Å². The topological polar surface area (TPSA) is 74.7 Å². The zero-order chi connectivity index (χ0) is 15.6. The summed E-state index contributed by atoms with van der Waals surface area (Å²) in [6, 6.07) is 4.74. The van der Waals surface area contributed by atoms with E-state index in [-0.39, 0.29) is 4.90 Å². The van der Waals surface area contributed by atoms with E-state index in [4.69, 9.17) is 5.11 Å².